The van der Waals surface area contributed by atoms with Gasteiger partial charge in [-0.1, -0.05) is 11.6 Å². The van der Waals surface area contributed by atoms with Crippen LogP contribution in [0.5, 0.6) is 0 Å². The number of rotatable bonds is 2. The Balaban J connectivity index is 1.84. The molecule has 0 aromatic carbocycles. The summed E-state index contributed by atoms with van der Waals surface area (Å²) in [6.07, 6.45) is 1.53. The summed E-state index contributed by atoms with van der Waals surface area (Å²) in [5.74, 6) is -0.135. The maximum absolute atomic E-state index is 12.1. The van der Waals surface area contributed by atoms with Gasteiger partial charge in [0.1, 0.15) is 5.15 Å². The molecule has 0 aliphatic heterocycles. The van der Waals surface area contributed by atoms with Crippen LogP contribution >= 0.6 is 50.2 Å². The number of nitrogens with zero attached hydrogens (tertiary/aromatic N) is 1. The zero-order valence-electron chi connectivity index (χ0n) is 9.31. The minimum Gasteiger partial charge on any atom is -0.320 e. The Hall–Kier alpha value is -0.950. The fourth-order valence-electron chi connectivity index (χ4n) is 1.56. The van der Waals surface area contributed by atoms with Crippen LogP contribution in [0.15, 0.2) is 34.2 Å². The lowest BCUT2D eigenvalue weighted by atomic mass is 10.4. The van der Waals surface area contributed by atoms with Gasteiger partial charge in [-0.2, -0.15) is 0 Å². The van der Waals surface area contributed by atoms with Crippen LogP contribution in [0.2, 0.25) is 5.15 Å². The topological polar surface area (TPSA) is 42.0 Å². The number of aromatic nitrogens is 1. The van der Waals surface area contributed by atoms with Crippen LogP contribution in [0.4, 0.5) is 5.69 Å². The third-order valence-corrected chi connectivity index (χ3v) is 5.64. The molecule has 0 aliphatic carbocycles. The van der Waals surface area contributed by atoms with Gasteiger partial charge in [0.25, 0.3) is 5.91 Å². The van der Waals surface area contributed by atoms with Crippen LogP contribution in [-0.4, -0.2) is 10.9 Å². The van der Waals surface area contributed by atoms with Crippen LogP contribution in [0, 0.1) is 0 Å². The Labute approximate surface area is 130 Å². The van der Waals surface area contributed by atoms with Gasteiger partial charge in [0.05, 0.1) is 21.2 Å². The molecule has 0 bridgehead atoms. The van der Waals surface area contributed by atoms with Crippen LogP contribution < -0.4 is 5.32 Å². The Morgan fingerprint density at radius 3 is 2.95 bits per heavy atom. The molecule has 3 aromatic heterocycles. The molecular formula is C12H6BrClN2OS2. The van der Waals surface area contributed by atoms with Gasteiger partial charge < -0.3 is 5.32 Å². The average molecular weight is 374 g/mol. The first-order valence-corrected chi connectivity index (χ1v) is 8.09. The van der Waals surface area contributed by atoms with Crippen molar-refractivity contribution in [1.29, 1.82) is 0 Å². The molecule has 0 atom stereocenters. The molecule has 3 nitrogen and oxygen atoms in total. The van der Waals surface area contributed by atoms with E-state index in [-0.39, 0.29) is 5.91 Å². The normalized spacial score (nSPS) is 10.8. The molecule has 3 heterocycles. The maximum Gasteiger partial charge on any atom is 0.265 e. The summed E-state index contributed by atoms with van der Waals surface area (Å²) in [5.41, 5.74) is 0.609. The molecule has 7 heteroatoms. The molecule has 96 valence electrons. The largest absolute Gasteiger partial charge is 0.320 e. The number of carbonyl (C=O) groups excluding carboxylic acids is 1. The monoisotopic (exact) mass is 372 g/mol. The molecule has 3 aromatic rings. The average Bonchev–Trinajstić information content (AvgIpc) is 2.94. The Kier molecular flexibility index (Phi) is 3.58. The van der Waals surface area contributed by atoms with E-state index in [4.69, 9.17) is 11.6 Å². The van der Waals surface area contributed by atoms with Gasteiger partial charge in [0, 0.05) is 9.40 Å². The number of amides is 1. The lowest BCUT2D eigenvalue weighted by molar-refractivity contribution is 0.103. The van der Waals surface area contributed by atoms with Crippen molar-refractivity contribution in [2.75, 3.05) is 5.32 Å². The summed E-state index contributed by atoms with van der Waals surface area (Å²) in [7, 11) is 0. The van der Waals surface area contributed by atoms with Crippen molar-refractivity contribution in [2.24, 2.45) is 0 Å². The van der Waals surface area contributed by atoms with E-state index < -0.39 is 0 Å². The molecule has 0 fully saturated rings. The predicted molar refractivity (Wildman–Crippen MR) is 84.6 cm³/mol. The van der Waals surface area contributed by atoms with Gasteiger partial charge >= 0.3 is 0 Å². The van der Waals surface area contributed by atoms with E-state index in [9.17, 15) is 4.79 Å². The number of carbonyl (C=O) groups is 1. The number of hydrogen-bond acceptors (Lipinski definition) is 4. The van der Waals surface area contributed by atoms with Gasteiger partial charge in [-0.15, -0.1) is 22.7 Å². The standard InChI is InChI=1S/C12H6BrClN2OS2/c13-7-3-6(5-15-11(7)14)16-12(17)10-4-9-8(19-10)1-2-18-9/h1-5H,(H,16,17). The third-order valence-electron chi connectivity index (χ3n) is 2.42. The second kappa shape index (κ2) is 5.20. The lowest BCUT2D eigenvalue weighted by Gasteiger charge is -2.04. The number of thiophene rings is 2. The summed E-state index contributed by atoms with van der Waals surface area (Å²) in [4.78, 5) is 16.8. The van der Waals surface area contributed by atoms with Crippen LogP contribution in [0.25, 0.3) is 9.40 Å². The third kappa shape index (κ3) is 2.67. The molecule has 0 spiro atoms. The number of fused-ring (bicyclic) bond motifs is 1. The summed E-state index contributed by atoms with van der Waals surface area (Å²) < 4.78 is 2.91. The number of nitrogens with one attached hydrogen (secondary N) is 1. The quantitative estimate of drug-likeness (QED) is 0.640. The van der Waals surface area contributed by atoms with Crippen molar-refractivity contribution in [2.45, 2.75) is 0 Å². The van der Waals surface area contributed by atoms with E-state index in [2.05, 4.69) is 26.2 Å². The fraction of sp³-hybridized carbons (Fsp3) is 0. The second-order valence-electron chi connectivity index (χ2n) is 3.71. The Bertz CT molecular complexity index is 740. The van der Waals surface area contributed by atoms with E-state index in [1.165, 1.54) is 17.5 Å². The second-order valence-corrected chi connectivity index (χ2v) is 6.95. The predicted octanol–water partition coefficient (Wildman–Crippen LogP) is 5.03. The summed E-state index contributed by atoms with van der Waals surface area (Å²) in [6.45, 7) is 0. The van der Waals surface area contributed by atoms with Crippen LogP contribution in [0.3, 0.4) is 0 Å². The molecule has 0 aliphatic rings. The molecule has 1 amide bonds. The summed E-state index contributed by atoms with van der Waals surface area (Å²) >= 11 is 12.2. The van der Waals surface area contributed by atoms with Crippen molar-refractivity contribution in [3.63, 3.8) is 0 Å². The zero-order valence-corrected chi connectivity index (χ0v) is 13.3. The molecular weight excluding hydrogens is 368 g/mol. The molecule has 19 heavy (non-hydrogen) atoms. The highest BCUT2D eigenvalue weighted by Crippen LogP contribution is 2.30. The van der Waals surface area contributed by atoms with Gasteiger partial charge in [-0.05, 0) is 39.5 Å². The fourth-order valence-corrected chi connectivity index (χ4v) is 4.02. The molecule has 0 unspecified atom stereocenters. The van der Waals surface area contributed by atoms with Gasteiger partial charge in [-0.3, -0.25) is 4.79 Å². The molecule has 0 saturated carbocycles. The van der Waals surface area contributed by atoms with Crippen molar-refractivity contribution in [1.82, 2.24) is 4.98 Å². The van der Waals surface area contributed by atoms with E-state index in [0.717, 1.165) is 9.40 Å². The van der Waals surface area contributed by atoms with E-state index in [1.54, 1.807) is 17.4 Å². The smallest absolute Gasteiger partial charge is 0.265 e. The highest BCUT2D eigenvalue weighted by molar-refractivity contribution is 9.10. The maximum atomic E-state index is 12.1. The molecule has 0 radical (unpaired) electrons. The van der Waals surface area contributed by atoms with Crippen molar-refractivity contribution < 1.29 is 4.79 Å². The van der Waals surface area contributed by atoms with E-state index in [1.807, 2.05) is 17.5 Å². The highest BCUT2D eigenvalue weighted by Gasteiger charge is 2.12. The Morgan fingerprint density at radius 1 is 1.37 bits per heavy atom. The summed E-state index contributed by atoms with van der Waals surface area (Å²) in [6, 6.07) is 5.64. The van der Waals surface area contributed by atoms with Crippen LogP contribution in [-0.2, 0) is 0 Å². The van der Waals surface area contributed by atoms with E-state index >= 15 is 0 Å². The zero-order chi connectivity index (χ0) is 13.4. The number of pyridine rings is 1. The molecule has 3 rings (SSSR count). The molecule has 1 N–H and O–H groups in total. The number of anilines is 1. The van der Waals surface area contributed by atoms with Crippen LogP contribution in [0.1, 0.15) is 9.67 Å². The Morgan fingerprint density at radius 2 is 2.21 bits per heavy atom. The highest BCUT2D eigenvalue weighted by atomic mass is 79.9. The summed E-state index contributed by atoms with van der Waals surface area (Å²) in [5, 5.41) is 5.19. The first kappa shape index (κ1) is 13.1. The van der Waals surface area contributed by atoms with Crippen molar-refractivity contribution >= 4 is 71.2 Å². The molecule has 0 saturated heterocycles. The van der Waals surface area contributed by atoms with Crippen molar-refractivity contribution in [3.05, 3.63) is 44.3 Å². The van der Waals surface area contributed by atoms with Gasteiger partial charge in [0.2, 0.25) is 0 Å². The minimum atomic E-state index is -0.135. The van der Waals surface area contributed by atoms with E-state index in [0.29, 0.717) is 20.2 Å². The minimum absolute atomic E-state index is 0.135. The number of halogens is 2. The van der Waals surface area contributed by atoms with Gasteiger partial charge in [-0.25, -0.2) is 4.98 Å². The number of hydrogen-bond donors (Lipinski definition) is 1. The first-order chi connectivity index (χ1) is 9.13. The van der Waals surface area contributed by atoms with Gasteiger partial charge in [0.15, 0.2) is 0 Å². The first-order valence-electron chi connectivity index (χ1n) is 5.23. The SMILES string of the molecule is O=C(Nc1cnc(Cl)c(Br)c1)c1cc2sccc2s1. The lowest BCUT2D eigenvalue weighted by Crippen LogP contribution is -2.10. The van der Waals surface area contributed by atoms with Crippen molar-refractivity contribution in [3.8, 4) is 0 Å².